The van der Waals surface area contributed by atoms with Crippen LogP contribution in [0.3, 0.4) is 0 Å². The number of aryl methyl sites for hydroxylation is 1. The summed E-state index contributed by atoms with van der Waals surface area (Å²) in [7, 11) is 1.67. The number of imidazole rings is 1. The zero-order valence-electron chi connectivity index (χ0n) is 19.5. The minimum Gasteiger partial charge on any atom is -0.462 e. The Hall–Kier alpha value is -1.83. The van der Waals surface area contributed by atoms with Crippen LogP contribution in [-0.2, 0) is 35.1 Å². The normalized spacial score (nSPS) is 34.3. The fourth-order valence-corrected chi connectivity index (χ4v) is 6.59. The number of rotatable bonds is 6. The quantitative estimate of drug-likeness (QED) is 0.432. The summed E-state index contributed by atoms with van der Waals surface area (Å²) in [5.41, 5.74) is -1.77. The summed E-state index contributed by atoms with van der Waals surface area (Å²) in [6.45, 7) is 3.57. The minimum absolute atomic E-state index is 0.261. The van der Waals surface area contributed by atoms with E-state index in [1.165, 1.54) is 17.8 Å². The summed E-state index contributed by atoms with van der Waals surface area (Å²) in [5, 5.41) is 5.65. The van der Waals surface area contributed by atoms with Gasteiger partial charge < -0.3 is 23.8 Å². The first-order valence-electron chi connectivity index (χ1n) is 10.7. The van der Waals surface area contributed by atoms with Crippen LogP contribution >= 0.6 is 6.64 Å². The van der Waals surface area contributed by atoms with Gasteiger partial charge in [0.05, 0.1) is 12.4 Å². The number of fused-ring (bicyclic) bond motifs is 2. The number of alkyl halides is 2. The highest BCUT2D eigenvalue weighted by atomic mass is 32.5. The summed E-state index contributed by atoms with van der Waals surface area (Å²) in [5.74, 6) is -2.38. The number of aromatic nitrogens is 4. The first-order chi connectivity index (χ1) is 15.8. The molecule has 11 nitrogen and oxygen atoms in total. The summed E-state index contributed by atoms with van der Waals surface area (Å²) in [4.78, 5) is 25.0. The molecule has 4 rings (SSSR count). The number of anilines is 1. The van der Waals surface area contributed by atoms with Gasteiger partial charge in [-0.15, -0.1) is 0 Å². The zero-order valence-corrected chi connectivity index (χ0v) is 21.2. The Morgan fingerprint density at radius 1 is 1.38 bits per heavy atom. The number of hydrogen-bond donors (Lipinski definition) is 2. The average molecular weight is 520 g/mol. The van der Waals surface area contributed by atoms with Gasteiger partial charge in [0.25, 0.3) is 12.5 Å². The molecule has 4 heterocycles. The van der Waals surface area contributed by atoms with Crippen molar-refractivity contribution in [1.82, 2.24) is 24.6 Å². The Balaban J connectivity index is 1.63. The predicted molar refractivity (Wildman–Crippen MR) is 122 cm³/mol. The molecule has 2 fully saturated rings. The molecule has 34 heavy (non-hydrogen) atoms. The Kier molecular flexibility index (Phi) is 6.45. The zero-order chi connectivity index (χ0) is 25.1. The second kappa shape index (κ2) is 8.68. The lowest BCUT2D eigenvalue weighted by Gasteiger charge is -2.40. The molecule has 188 valence electrons. The van der Waals surface area contributed by atoms with Gasteiger partial charge in [-0.3, -0.25) is 9.36 Å². The van der Waals surface area contributed by atoms with Crippen LogP contribution < -0.4 is 10.4 Å². The van der Waals surface area contributed by atoms with E-state index in [1.54, 1.807) is 27.8 Å². The molecule has 0 radical (unpaired) electrons. The van der Waals surface area contributed by atoms with Crippen LogP contribution in [0.5, 0.6) is 0 Å². The highest BCUT2D eigenvalue weighted by Gasteiger charge is 2.69. The number of nitrogens with one attached hydrogen (secondary N) is 2. The number of carbonyl (C=O) groups is 1. The van der Waals surface area contributed by atoms with Crippen LogP contribution in [0.1, 0.15) is 39.7 Å². The van der Waals surface area contributed by atoms with E-state index >= 15 is 8.78 Å². The van der Waals surface area contributed by atoms with Gasteiger partial charge in [0, 0.05) is 7.05 Å². The number of ether oxygens (including phenoxy) is 2. The summed E-state index contributed by atoms with van der Waals surface area (Å²) >= 11 is 5.42. The van der Waals surface area contributed by atoms with Crippen molar-refractivity contribution in [2.45, 2.75) is 70.6 Å². The largest absolute Gasteiger partial charge is 0.462 e. The highest BCUT2D eigenvalue weighted by Crippen LogP contribution is 2.61. The molecular formula is C19H27F2N6O5PS. The van der Waals surface area contributed by atoms with E-state index in [-0.39, 0.29) is 11.8 Å². The molecule has 2 aromatic heterocycles. The first-order valence-corrected chi connectivity index (χ1v) is 13.3. The lowest BCUT2D eigenvalue weighted by atomic mass is 9.97. The van der Waals surface area contributed by atoms with Gasteiger partial charge in [0.1, 0.15) is 18.5 Å². The molecule has 1 unspecified atom stereocenters. The smallest absolute Gasteiger partial charge is 0.323 e. The van der Waals surface area contributed by atoms with Crippen LogP contribution in [0.2, 0.25) is 0 Å². The van der Waals surface area contributed by atoms with E-state index in [0.29, 0.717) is 17.2 Å². The number of halogens is 2. The predicted octanol–water partition coefficient (Wildman–Crippen LogP) is 2.67. The van der Waals surface area contributed by atoms with Crippen molar-refractivity contribution in [2.24, 2.45) is 0 Å². The molecule has 0 aromatic carbocycles. The minimum atomic E-state index is -3.47. The van der Waals surface area contributed by atoms with E-state index in [4.69, 9.17) is 30.3 Å². The first kappa shape index (κ1) is 25.3. The molecule has 2 saturated heterocycles. The van der Waals surface area contributed by atoms with Gasteiger partial charge in [-0.05, 0) is 46.4 Å². The van der Waals surface area contributed by atoms with Crippen LogP contribution in [0.15, 0.2) is 6.33 Å². The molecule has 0 bridgehead atoms. The lowest BCUT2D eigenvalue weighted by molar-refractivity contribution is -0.211. The van der Waals surface area contributed by atoms with Crippen molar-refractivity contribution in [1.29, 1.82) is 0 Å². The Morgan fingerprint density at radius 3 is 2.74 bits per heavy atom. The molecule has 2 aromatic rings. The fraction of sp³-hybridized carbons (Fsp3) is 0.684. The maximum Gasteiger partial charge on any atom is 0.323 e. The maximum absolute atomic E-state index is 16.2. The van der Waals surface area contributed by atoms with Crippen molar-refractivity contribution >= 4 is 41.4 Å². The molecule has 2 aliphatic heterocycles. The van der Waals surface area contributed by atoms with Crippen LogP contribution in [0.25, 0.3) is 11.2 Å². The van der Waals surface area contributed by atoms with Crippen molar-refractivity contribution in [3.05, 3.63) is 12.2 Å². The van der Waals surface area contributed by atoms with Gasteiger partial charge in [0.2, 0.25) is 0 Å². The molecule has 2 aliphatic rings. The third-order valence-corrected chi connectivity index (χ3v) is 8.00. The second-order valence-electron chi connectivity index (χ2n) is 8.69. The van der Waals surface area contributed by atoms with Gasteiger partial charge in [-0.2, -0.15) is 0 Å². The fourth-order valence-electron chi connectivity index (χ4n) is 3.94. The molecule has 0 saturated carbocycles. The number of esters is 1. The molecule has 6 atom stereocenters. The SMILES string of the molecule is CNc1nc(C)nc2c1ncn2[C@@H]1O[C@]2(F)COP(=S)(N[C@@H](C)C(=O)OC(C)C)O[C@H]2[C@@]1(C)F. The van der Waals surface area contributed by atoms with Crippen LogP contribution in [-0.4, -0.2) is 68.9 Å². The Bertz CT molecular complexity index is 1170. The van der Waals surface area contributed by atoms with E-state index < -0.39 is 49.1 Å². The van der Waals surface area contributed by atoms with Gasteiger partial charge in [0.15, 0.2) is 35.0 Å². The summed E-state index contributed by atoms with van der Waals surface area (Å²) in [6.07, 6.45) is -2.27. The van der Waals surface area contributed by atoms with E-state index in [1.807, 2.05) is 0 Å². The van der Waals surface area contributed by atoms with Crippen LogP contribution in [0, 0.1) is 6.92 Å². The van der Waals surface area contributed by atoms with Gasteiger partial charge >= 0.3 is 5.97 Å². The molecule has 15 heteroatoms. The third kappa shape index (κ3) is 4.31. The van der Waals surface area contributed by atoms with Crippen molar-refractivity contribution in [3.63, 3.8) is 0 Å². The maximum atomic E-state index is 16.2. The van der Waals surface area contributed by atoms with E-state index in [2.05, 4.69) is 25.4 Å². The van der Waals surface area contributed by atoms with Crippen molar-refractivity contribution < 1.29 is 32.1 Å². The molecule has 2 N–H and O–H groups in total. The molecular weight excluding hydrogens is 493 g/mol. The summed E-state index contributed by atoms with van der Waals surface area (Å²) in [6, 6.07) is -0.915. The van der Waals surface area contributed by atoms with Crippen molar-refractivity contribution in [3.8, 4) is 0 Å². The molecule has 0 aliphatic carbocycles. The third-order valence-electron chi connectivity index (χ3n) is 5.45. The average Bonchev–Trinajstić information content (AvgIpc) is 3.24. The Morgan fingerprint density at radius 2 is 2.09 bits per heavy atom. The van der Waals surface area contributed by atoms with E-state index in [9.17, 15) is 4.79 Å². The van der Waals surface area contributed by atoms with Gasteiger partial charge in [-0.25, -0.2) is 28.8 Å². The van der Waals surface area contributed by atoms with Gasteiger partial charge in [-0.1, -0.05) is 0 Å². The number of hydrogen-bond acceptors (Lipinski definition) is 10. The van der Waals surface area contributed by atoms with E-state index in [0.717, 1.165) is 6.92 Å². The Labute approximate surface area is 200 Å². The monoisotopic (exact) mass is 520 g/mol. The summed E-state index contributed by atoms with van der Waals surface area (Å²) < 4.78 is 55.2. The topological polar surface area (TPSA) is 122 Å². The number of carbonyl (C=O) groups excluding carboxylic acids is 1. The standard InChI is InChI=1S/C19H27F2N6O5PS/c1-9(2)30-15(28)10(3)26-33(34)29-7-19(21)16(32-33)18(5,20)17(31-19)27-8-23-12-13(22-6)24-11(4)25-14(12)27/h8-10,16-17H,7H2,1-6H3,(H,26,34)(H,22,24,25)/t10-,16-,17+,18+,19+,33?/m0/s1. The molecule has 0 spiro atoms. The highest BCUT2D eigenvalue weighted by molar-refractivity contribution is 8.09. The lowest BCUT2D eigenvalue weighted by Crippen LogP contribution is -2.52. The van der Waals surface area contributed by atoms with Crippen molar-refractivity contribution in [2.75, 3.05) is 19.0 Å². The van der Waals surface area contributed by atoms with Crippen LogP contribution in [0.4, 0.5) is 14.6 Å². The molecule has 0 amide bonds. The number of nitrogens with zero attached hydrogens (tertiary/aromatic N) is 4. The second-order valence-corrected chi connectivity index (χ2v) is 11.9.